The van der Waals surface area contributed by atoms with Crippen LogP contribution >= 0.6 is 0 Å². The molecule has 1 saturated carbocycles. The van der Waals surface area contributed by atoms with Crippen molar-refractivity contribution in [1.29, 1.82) is 0 Å². The summed E-state index contributed by atoms with van der Waals surface area (Å²) >= 11 is 0. The summed E-state index contributed by atoms with van der Waals surface area (Å²) in [4.78, 5) is 0. The fourth-order valence-electron chi connectivity index (χ4n) is 2.73. The molecule has 0 bridgehead atoms. The van der Waals surface area contributed by atoms with Crippen molar-refractivity contribution >= 4 is 7.12 Å². The van der Waals surface area contributed by atoms with Gasteiger partial charge in [-0.05, 0) is 50.9 Å². The van der Waals surface area contributed by atoms with Crippen molar-refractivity contribution in [3.63, 3.8) is 0 Å². The van der Waals surface area contributed by atoms with Gasteiger partial charge >= 0.3 is 7.12 Å². The Morgan fingerprint density at radius 3 is 2.61 bits per heavy atom. The molecule has 1 aliphatic carbocycles. The average molecular weight is 244 g/mol. The lowest BCUT2D eigenvalue weighted by Crippen LogP contribution is -2.30. The number of hydrogen-bond donors (Lipinski definition) is 0. The first-order chi connectivity index (χ1) is 8.56. The normalized spacial score (nSPS) is 33.7. The van der Waals surface area contributed by atoms with Gasteiger partial charge in [0.05, 0.1) is 11.7 Å². The predicted octanol–water partition coefficient (Wildman–Crippen LogP) is 3.32. The van der Waals surface area contributed by atoms with Crippen LogP contribution in [0, 0.1) is 5.92 Å². The van der Waals surface area contributed by atoms with E-state index in [1.54, 1.807) is 0 Å². The van der Waals surface area contributed by atoms with Crippen LogP contribution in [0.3, 0.4) is 0 Å². The summed E-state index contributed by atoms with van der Waals surface area (Å²) in [6.45, 7) is 6.34. The Kier molecular flexibility index (Phi) is 2.99. The molecule has 1 heterocycles. The molecule has 0 spiro atoms. The Bertz CT molecular complexity index is 418. The maximum atomic E-state index is 6.03. The van der Waals surface area contributed by atoms with Gasteiger partial charge in [-0.1, -0.05) is 30.3 Å². The van der Waals surface area contributed by atoms with Crippen LogP contribution in [0.5, 0.6) is 0 Å². The molecule has 0 N–H and O–H groups in total. The van der Waals surface area contributed by atoms with E-state index < -0.39 is 0 Å². The van der Waals surface area contributed by atoms with E-state index in [4.69, 9.17) is 9.31 Å². The van der Waals surface area contributed by atoms with Gasteiger partial charge in [0.1, 0.15) is 0 Å². The molecule has 0 radical (unpaired) electrons. The minimum Gasteiger partial charge on any atom is -0.406 e. The Balaban J connectivity index is 1.56. The Morgan fingerprint density at radius 2 is 2.00 bits per heavy atom. The van der Waals surface area contributed by atoms with Crippen LogP contribution in [0.25, 0.3) is 0 Å². The molecule has 1 saturated heterocycles. The standard InChI is InChI=1S/C15H21BO2/c1-11-15(2,3)18-16(17-11)14-10-13(14)9-12-7-5-4-6-8-12/h4-8,11,13-14H,9-10H2,1-3H3. The average Bonchev–Trinajstić information content (AvgIpc) is 3.02. The fourth-order valence-corrected chi connectivity index (χ4v) is 2.73. The summed E-state index contributed by atoms with van der Waals surface area (Å²) < 4.78 is 12.0. The van der Waals surface area contributed by atoms with Crippen LogP contribution in [-0.2, 0) is 15.7 Å². The van der Waals surface area contributed by atoms with Gasteiger partial charge < -0.3 is 9.31 Å². The molecule has 0 aromatic heterocycles. The first-order valence-electron chi connectivity index (χ1n) is 6.93. The zero-order valence-electron chi connectivity index (χ0n) is 11.4. The summed E-state index contributed by atoms with van der Waals surface area (Å²) in [6, 6.07) is 10.7. The third-order valence-corrected chi connectivity index (χ3v) is 4.40. The molecule has 96 valence electrons. The minimum absolute atomic E-state index is 0.0173. The van der Waals surface area contributed by atoms with E-state index >= 15 is 0 Å². The van der Waals surface area contributed by atoms with E-state index in [-0.39, 0.29) is 18.8 Å². The second-order valence-corrected chi connectivity index (χ2v) is 6.22. The quantitative estimate of drug-likeness (QED) is 0.759. The third-order valence-electron chi connectivity index (χ3n) is 4.40. The van der Waals surface area contributed by atoms with Gasteiger partial charge in [-0.25, -0.2) is 0 Å². The van der Waals surface area contributed by atoms with E-state index in [0.717, 1.165) is 12.3 Å². The molecular formula is C15H21BO2. The number of rotatable bonds is 3. The van der Waals surface area contributed by atoms with E-state index in [9.17, 15) is 0 Å². The Labute approximate surface area is 110 Å². The summed E-state index contributed by atoms with van der Waals surface area (Å²) in [5.41, 5.74) is 1.29. The largest absolute Gasteiger partial charge is 0.461 e. The maximum absolute atomic E-state index is 6.03. The highest BCUT2D eigenvalue weighted by atomic mass is 16.7. The molecule has 3 heteroatoms. The first-order valence-corrected chi connectivity index (χ1v) is 6.93. The van der Waals surface area contributed by atoms with Crippen LogP contribution in [-0.4, -0.2) is 18.8 Å². The summed E-state index contributed by atoms with van der Waals surface area (Å²) in [5.74, 6) is 1.33. The summed E-state index contributed by atoms with van der Waals surface area (Å²) in [6.07, 6.45) is 2.59. The van der Waals surface area contributed by atoms with Crippen molar-refractivity contribution < 1.29 is 9.31 Å². The molecule has 2 aliphatic rings. The summed E-state index contributed by atoms with van der Waals surface area (Å²) in [7, 11) is 0.0173. The van der Waals surface area contributed by atoms with Gasteiger partial charge in [0.25, 0.3) is 0 Å². The molecule has 1 aromatic carbocycles. The van der Waals surface area contributed by atoms with Gasteiger partial charge in [0, 0.05) is 0 Å². The van der Waals surface area contributed by atoms with E-state index in [0.29, 0.717) is 5.82 Å². The SMILES string of the molecule is CC1OB(C2CC2Cc2ccccc2)OC1(C)C. The number of hydrogen-bond acceptors (Lipinski definition) is 2. The highest BCUT2D eigenvalue weighted by Crippen LogP contribution is 2.52. The molecule has 3 unspecified atom stereocenters. The van der Waals surface area contributed by atoms with E-state index in [1.807, 2.05) is 0 Å². The molecule has 1 aliphatic heterocycles. The van der Waals surface area contributed by atoms with Crippen LogP contribution in [0.4, 0.5) is 0 Å². The molecular weight excluding hydrogens is 223 g/mol. The predicted molar refractivity (Wildman–Crippen MR) is 73.5 cm³/mol. The van der Waals surface area contributed by atoms with Crippen molar-refractivity contribution in [1.82, 2.24) is 0 Å². The van der Waals surface area contributed by atoms with Gasteiger partial charge in [-0.15, -0.1) is 0 Å². The molecule has 2 fully saturated rings. The van der Waals surface area contributed by atoms with Crippen LogP contribution in [0.1, 0.15) is 32.8 Å². The zero-order valence-corrected chi connectivity index (χ0v) is 11.4. The van der Waals surface area contributed by atoms with Crippen LogP contribution in [0.2, 0.25) is 5.82 Å². The third kappa shape index (κ3) is 2.34. The second-order valence-electron chi connectivity index (χ2n) is 6.22. The molecule has 2 nitrogen and oxygen atoms in total. The number of benzene rings is 1. The van der Waals surface area contributed by atoms with Crippen molar-refractivity contribution in [2.75, 3.05) is 0 Å². The fraction of sp³-hybridized carbons (Fsp3) is 0.600. The van der Waals surface area contributed by atoms with Gasteiger partial charge in [0.2, 0.25) is 0 Å². The second kappa shape index (κ2) is 4.39. The van der Waals surface area contributed by atoms with Crippen molar-refractivity contribution in [2.24, 2.45) is 5.92 Å². The van der Waals surface area contributed by atoms with Crippen molar-refractivity contribution in [2.45, 2.75) is 51.1 Å². The topological polar surface area (TPSA) is 18.5 Å². The van der Waals surface area contributed by atoms with Crippen LogP contribution in [0.15, 0.2) is 30.3 Å². The Morgan fingerprint density at radius 1 is 1.28 bits per heavy atom. The summed E-state index contributed by atoms with van der Waals surface area (Å²) in [5, 5.41) is 0. The minimum atomic E-state index is -0.134. The highest BCUT2D eigenvalue weighted by Gasteiger charge is 2.55. The molecule has 18 heavy (non-hydrogen) atoms. The highest BCUT2D eigenvalue weighted by molar-refractivity contribution is 6.48. The lowest BCUT2D eigenvalue weighted by atomic mass is 9.80. The zero-order chi connectivity index (χ0) is 12.8. The van der Waals surface area contributed by atoms with Crippen LogP contribution < -0.4 is 0 Å². The van der Waals surface area contributed by atoms with Gasteiger partial charge in [-0.2, -0.15) is 0 Å². The molecule has 3 atom stereocenters. The monoisotopic (exact) mass is 244 g/mol. The molecule has 3 rings (SSSR count). The van der Waals surface area contributed by atoms with Gasteiger partial charge in [-0.3, -0.25) is 0 Å². The van der Waals surface area contributed by atoms with Crippen molar-refractivity contribution in [3.05, 3.63) is 35.9 Å². The smallest absolute Gasteiger partial charge is 0.406 e. The lowest BCUT2D eigenvalue weighted by Gasteiger charge is -2.21. The lowest BCUT2D eigenvalue weighted by molar-refractivity contribution is 0.0839. The maximum Gasteiger partial charge on any atom is 0.461 e. The Hall–Kier alpha value is -0.795. The van der Waals surface area contributed by atoms with E-state index in [1.165, 1.54) is 12.0 Å². The first kappa shape index (κ1) is 12.2. The van der Waals surface area contributed by atoms with Gasteiger partial charge in [0.15, 0.2) is 0 Å². The molecule has 0 amide bonds. The van der Waals surface area contributed by atoms with E-state index in [2.05, 4.69) is 51.1 Å². The molecule has 1 aromatic rings. The van der Waals surface area contributed by atoms with Crippen molar-refractivity contribution in [3.8, 4) is 0 Å².